The van der Waals surface area contributed by atoms with Crippen LogP contribution in [0.1, 0.15) is 30.9 Å². The number of nitrogens with two attached hydrogens (primary N) is 1. The Labute approximate surface area is 228 Å². The first kappa shape index (κ1) is 27.4. The van der Waals surface area contributed by atoms with Crippen LogP contribution < -0.4 is 16.4 Å². The standard InChI is InChI=1S/C30H33ClN4O3/c1-30(2,38)19-35-17-24(25(18-35)29(37)33-23-14-12-22(31)13-15-23)21-10-7-20(8-11-21)9-16-28(36)34-27-6-4-3-5-26(27)32/h3-16,24-25,38H,17-19,32H2,1-2H3,(H,33,37)(H,34,36)/b16-9+/t24-,25+/m0/s1. The van der Waals surface area contributed by atoms with Crippen LogP contribution in [0.2, 0.25) is 5.02 Å². The van der Waals surface area contributed by atoms with Crippen molar-refractivity contribution >= 4 is 46.6 Å². The number of rotatable bonds is 8. The molecule has 1 aliphatic heterocycles. The van der Waals surface area contributed by atoms with Gasteiger partial charge in [-0.25, -0.2) is 0 Å². The summed E-state index contributed by atoms with van der Waals surface area (Å²) in [6.07, 6.45) is 3.20. The van der Waals surface area contributed by atoms with Crippen LogP contribution >= 0.6 is 11.6 Å². The number of nitrogen functional groups attached to an aromatic ring is 1. The number of likely N-dealkylation sites (tertiary alicyclic amines) is 1. The molecule has 7 nitrogen and oxygen atoms in total. The minimum absolute atomic E-state index is 0.0490. The maximum absolute atomic E-state index is 13.3. The van der Waals surface area contributed by atoms with Crippen LogP contribution in [0.3, 0.4) is 0 Å². The highest BCUT2D eigenvalue weighted by atomic mass is 35.5. The van der Waals surface area contributed by atoms with Crippen molar-refractivity contribution in [3.8, 4) is 0 Å². The molecule has 3 aromatic rings. The fraction of sp³-hybridized carbons (Fsp3) is 0.267. The molecular weight excluding hydrogens is 500 g/mol. The number of β-amino-alcohol motifs (C(OH)–C–C–N with tert-alkyl or cyclic N) is 1. The van der Waals surface area contributed by atoms with Gasteiger partial charge in [0.15, 0.2) is 0 Å². The summed E-state index contributed by atoms with van der Waals surface area (Å²) < 4.78 is 0. The molecule has 38 heavy (non-hydrogen) atoms. The van der Waals surface area contributed by atoms with Crippen molar-refractivity contribution in [3.05, 3.63) is 95.0 Å². The molecule has 5 N–H and O–H groups in total. The van der Waals surface area contributed by atoms with Crippen molar-refractivity contribution in [3.63, 3.8) is 0 Å². The van der Waals surface area contributed by atoms with Gasteiger partial charge in [-0.2, -0.15) is 0 Å². The largest absolute Gasteiger partial charge is 0.397 e. The summed E-state index contributed by atoms with van der Waals surface area (Å²) in [6.45, 7) is 5.20. The maximum atomic E-state index is 13.3. The highest BCUT2D eigenvalue weighted by Crippen LogP contribution is 2.34. The van der Waals surface area contributed by atoms with Crippen molar-refractivity contribution in [2.45, 2.75) is 25.4 Å². The van der Waals surface area contributed by atoms with E-state index < -0.39 is 5.60 Å². The lowest BCUT2D eigenvalue weighted by molar-refractivity contribution is -0.120. The smallest absolute Gasteiger partial charge is 0.248 e. The van der Waals surface area contributed by atoms with Gasteiger partial charge in [0.25, 0.3) is 0 Å². The van der Waals surface area contributed by atoms with Gasteiger partial charge in [-0.15, -0.1) is 0 Å². The minimum Gasteiger partial charge on any atom is -0.397 e. The molecule has 2 atom stereocenters. The number of anilines is 3. The van der Waals surface area contributed by atoms with Gasteiger partial charge in [0.1, 0.15) is 0 Å². The number of nitrogens with zero attached hydrogens (tertiary/aromatic N) is 1. The summed E-state index contributed by atoms with van der Waals surface area (Å²) in [7, 11) is 0. The Bertz CT molecular complexity index is 1300. The molecule has 0 saturated carbocycles. The lowest BCUT2D eigenvalue weighted by atomic mass is 9.88. The minimum atomic E-state index is -0.869. The number of benzene rings is 3. The summed E-state index contributed by atoms with van der Waals surface area (Å²) in [6, 6.07) is 22.0. The van der Waals surface area contributed by atoms with Crippen molar-refractivity contribution in [2.24, 2.45) is 5.92 Å². The lowest BCUT2D eigenvalue weighted by Crippen LogP contribution is -2.38. The second-order valence-corrected chi connectivity index (χ2v) is 10.7. The third kappa shape index (κ3) is 7.44. The van der Waals surface area contributed by atoms with Gasteiger partial charge in [-0.3, -0.25) is 14.5 Å². The molecule has 0 bridgehead atoms. The first-order valence-corrected chi connectivity index (χ1v) is 12.9. The Balaban J connectivity index is 1.46. The Morgan fingerprint density at radius 2 is 1.71 bits per heavy atom. The monoisotopic (exact) mass is 532 g/mol. The number of carbonyl (C=O) groups excluding carboxylic acids is 2. The molecule has 1 heterocycles. The molecule has 0 aromatic heterocycles. The van der Waals surface area contributed by atoms with Gasteiger partial charge in [-0.05, 0) is 67.4 Å². The van der Waals surface area contributed by atoms with E-state index in [1.54, 1.807) is 56.3 Å². The van der Waals surface area contributed by atoms with E-state index in [-0.39, 0.29) is 23.7 Å². The summed E-state index contributed by atoms with van der Waals surface area (Å²) in [5, 5.41) is 16.8. The van der Waals surface area contributed by atoms with Gasteiger partial charge < -0.3 is 21.5 Å². The fourth-order valence-corrected chi connectivity index (χ4v) is 4.87. The van der Waals surface area contributed by atoms with E-state index in [9.17, 15) is 14.7 Å². The van der Waals surface area contributed by atoms with Crippen molar-refractivity contribution in [1.29, 1.82) is 0 Å². The summed E-state index contributed by atoms with van der Waals surface area (Å²) in [5.41, 5.74) is 8.66. The number of amides is 2. The molecule has 0 aliphatic carbocycles. The molecule has 0 spiro atoms. The molecule has 198 valence electrons. The third-order valence-electron chi connectivity index (χ3n) is 6.47. The second-order valence-electron chi connectivity index (χ2n) is 10.3. The van der Waals surface area contributed by atoms with E-state index in [2.05, 4.69) is 15.5 Å². The van der Waals surface area contributed by atoms with Gasteiger partial charge in [0, 0.05) is 42.3 Å². The SMILES string of the molecule is CC(C)(O)CN1C[C@@H](C(=O)Nc2ccc(Cl)cc2)[C@H](c2ccc(/C=C/C(=O)Nc3ccccc3N)cc2)C1. The van der Waals surface area contributed by atoms with Crippen molar-refractivity contribution in [1.82, 2.24) is 4.90 Å². The van der Waals surface area contributed by atoms with Crippen LogP contribution in [0.15, 0.2) is 78.9 Å². The van der Waals surface area contributed by atoms with E-state index in [0.29, 0.717) is 41.7 Å². The molecule has 3 aromatic carbocycles. The van der Waals surface area contributed by atoms with E-state index in [0.717, 1.165) is 11.1 Å². The average molecular weight is 533 g/mol. The van der Waals surface area contributed by atoms with Crippen LogP contribution in [0.4, 0.5) is 17.1 Å². The topological polar surface area (TPSA) is 108 Å². The Morgan fingerprint density at radius 3 is 2.37 bits per heavy atom. The molecule has 1 saturated heterocycles. The number of aliphatic hydroxyl groups is 1. The summed E-state index contributed by atoms with van der Waals surface area (Å²) in [5.74, 6) is -0.691. The maximum Gasteiger partial charge on any atom is 0.248 e. The van der Waals surface area contributed by atoms with Crippen LogP contribution in [-0.4, -0.2) is 47.1 Å². The highest BCUT2D eigenvalue weighted by molar-refractivity contribution is 6.30. The molecule has 1 aliphatic rings. The summed E-state index contributed by atoms with van der Waals surface area (Å²) in [4.78, 5) is 27.8. The Kier molecular flexibility index (Phi) is 8.52. The van der Waals surface area contributed by atoms with Gasteiger partial charge in [0.2, 0.25) is 11.8 Å². The molecule has 0 radical (unpaired) electrons. The number of para-hydroxylation sites is 2. The number of hydrogen-bond acceptors (Lipinski definition) is 5. The van der Waals surface area contributed by atoms with Crippen molar-refractivity contribution in [2.75, 3.05) is 36.0 Å². The molecule has 8 heteroatoms. The molecule has 1 fully saturated rings. The zero-order chi connectivity index (χ0) is 27.3. The summed E-state index contributed by atoms with van der Waals surface area (Å²) >= 11 is 5.98. The first-order valence-electron chi connectivity index (χ1n) is 12.5. The fourth-order valence-electron chi connectivity index (χ4n) is 4.74. The van der Waals surface area contributed by atoms with Gasteiger partial charge >= 0.3 is 0 Å². The van der Waals surface area contributed by atoms with Crippen LogP contribution in [0.25, 0.3) is 6.08 Å². The van der Waals surface area contributed by atoms with E-state index in [4.69, 9.17) is 17.3 Å². The zero-order valence-electron chi connectivity index (χ0n) is 21.5. The van der Waals surface area contributed by atoms with Crippen LogP contribution in [0, 0.1) is 5.92 Å². The lowest BCUT2D eigenvalue weighted by Gasteiger charge is -2.25. The zero-order valence-corrected chi connectivity index (χ0v) is 22.3. The van der Waals surface area contributed by atoms with Crippen LogP contribution in [0.5, 0.6) is 0 Å². The van der Waals surface area contributed by atoms with Crippen LogP contribution in [-0.2, 0) is 9.59 Å². The number of halogens is 1. The second kappa shape index (κ2) is 11.8. The van der Waals surface area contributed by atoms with Gasteiger partial charge in [-0.1, -0.05) is 48.0 Å². The third-order valence-corrected chi connectivity index (χ3v) is 6.72. The highest BCUT2D eigenvalue weighted by Gasteiger charge is 2.39. The molecule has 0 unspecified atom stereocenters. The van der Waals surface area contributed by atoms with Gasteiger partial charge in [0.05, 0.1) is 22.9 Å². The Morgan fingerprint density at radius 1 is 1.03 bits per heavy atom. The predicted molar refractivity (Wildman–Crippen MR) is 154 cm³/mol. The van der Waals surface area contributed by atoms with E-state index in [1.165, 1.54) is 6.08 Å². The van der Waals surface area contributed by atoms with E-state index in [1.807, 2.05) is 36.4 Å². The van der Waals surface area contributed by atoms with E-state index >= 15 is 0 Å². The molecule has 2 amide bonds. The predicted octanol–water partition coefficient (Wildman–Crippen LogP) is 5.00. The average Bonchev–Trinajstić information content (AvgIpc) is 3.28. The number of nitrogens with one attached hydrogen (secondary N) is 2. The van der Waals surface area contributed by atoms with Crippen molar-refractivity contribution < 1.29 is 14.7 Å². The number of hydrogen-bond donors (Lipinski definition) is 4. The quantitative estimate of drug-likeness (QED) is 0.241. The molecular formula is C30H33ClN4O3. The normalized spacial score (nSPS) is 18.0. The number of carbonyl (C=O) groups is 2. The first-order chi connectivity index (χ1) is 18.1. The Hall–Kier alpha value is -3.65. The molecule has 4 rings (SSSR count).